The SMILES string of the molecule is CC1CC1CN(C)CCC(N)c1cccc(Cl)c1. The molecular weight excluding hydrogens is 244 g/mol. The van der Waals surface area contributed by atoms with Gasteiger partial charge in [0.2, 0.25) is 0 Å². The van der Waals surface area contributed by atoms with Gasteiger partial charge in [-0.15, -0.1) is 0 Å². The summed E-state index contributed by atoms with van der Waals surface area (Å²) in [5, 5.41) is 0.767. The number of hydrogen-bond acceptors (Lipinski definition) is 2. The number of nitrogens with two attached hydrogens (primary N) is 1. The van der Waals surface area contributed by atoms with E-state index in [0.29, 0.717) is 0 Å². The number of benzene rings is 1. The lowest BCUT2D eigenvalue weighted by molar-refractivity contribution is 0.301. The Kier molecular flexibility index (Phi) is 4.66. The average Bonchev–Trinajstić information content (AvgIpc) is 3.01. The fourth-order valence-corrected chi connectivity index (χ4v) is 2.61. The van der Waals surface area contributed by atoms with Crippen molar-refractivity contribution in [2.75, 3.05) is 20.1 Å². The monoisotopic (exact) mass is 266 g/mol. The van der Waals surface area contributed by atoms with Crippen LogP contribution in [0.1, 0.15) is 31.4 Å². The highest BCUT2D eigenvalue weighted by molar-refractivity contribution is 6.30. The molecule has 1 saturated carbocycles. The van der Waals surface area contributed by atoms with E-state index in [0.717, 1.165) is 35.4 Å². The Labute approximate surface area is 115 Å². The normalized spacial score (nSPS) is 24.3. The molecule has 18 heavy (non-hydrogen) atoms. The Morgan fingerprint density at radius 1 is 1.50 bits per heavy atom. The molecule has 0 aliphatic heterocycles. The van der Waals surface area contributed by atoms with Crippen LogP contribution in [0.4, 0.5) is 0 Å². The predicted molar refractivity (Wildman–Crippen MR) is 77.8 cm³/mol. The smallest absolute Gasteiger partial charge is 0.0409 e. The summed E-state index contributed by atoms with van der Waals surface area (Å²) in [6, 6.07) is 7.96. The lowest BCUT2D eigenvalue weighted by atomic mass is 10.0. The van der Waals surface area contributed by atoms with E-state index in [4.69, 9.17) is 17.3 Å². The molecule has 100 valence electrons. The van der Waals surface area contributed by atoms with Crippen LogP contribution in [-0.2, 0) is 0 Å². The highest BCUT2D eigenvalue weighted by Crippen LogP contribution is 2.38. The summed E-state index contributed by atoms with van der Waals surface area (Å²) in [6.07, 6.45) is 2.38. The van der Waals surface area contributed by atoms with Gasteiger partial charge >= 0.3 is 0 Å². The van der Waals surface area contributed by atoms with Gasteiger partial charge in [-0.25, -0.2) is 0 Å². The molecule has 2 nitrogen and oxygen atoms in total. The molecule has 3 heteroatoms. The van der Waals surface area contributed by atoms with Gasteiger partial charge in [0.1, 0.15) is 0 Å². The quantitative estimate of drug-likeness (QED) is 0.856. The zero-order chi connectivity index (χ0) is 13.1. The molecule has 2 N–H and O–H groups in total. The second kappa shape index (κ2) is 6.05. The van der Waals surface area contributed by atoms with Crippen molar-refractivity contribution >= 4 is 11.6 Å². The van der Waals surface area contributed by atoms with Gasteiger partial charge in [0.25, 0.3) is 0 Å². The van der Waals surface area contributed by atoms with Gasteiger partial charge in [0.05, 0.1) is 0 Å². The second-order valence-electron chi connectivity index (χ2n) is 5.69. The van der Waals surface area contributed by atoms with Crippen molar-refractivity contribution < 1.29 is 0 Å². The average molecular weight is 267 g/mol. The topological polar surface area (TPSA) is 29.3 Å². The van der Waals surface area contributed by atoms with E-state index < -0.39 is 0 Å². The van der Waals surface area contributed by atoms with Crippen LogP contribution in [0.15, 0.2) is 24.3 Å². The molecule has 1 aromatic carbocycles. The minimum absolute atomic E-state index is 0.0859. The largest absolute Gasteiger partial charge is 0.324 e. The van der Waals surface area contributed by atoms with Gasteiger partial charge in [-0.3, -0.25) is 0 Å². The Bertz CT molecular complexity index is 394. The van der Waals surface area contributed by atoms with Crippen molar-refractivity contribution in [3.8, 4) is 0 Å². The van der Waals surface area contributed by atoms with Crippen molar-refractivity contribution in [1.29, 1.82) is 0 Å². The van der Waals surface area contributed by atoms with Gasteiger partial charge in [0.15, 0.2) is 0 Å². The van der Waals surface area contributed by atoms with Crippen LogP contribution in [0.3, 0.4) is 0 Å². The van der Waals surface area contributed by atoms with Crippen LogP contribution in [-0.4, -0.2) is 25.0 Å². The van der Waals surface area contributed by atoms with Crippen molar-refractivity contribution in [3.05, 3.63) is 34.9 Å². The van der Waals surface area contributed by atoms with Crippen LogP contribution in [0.25, 0.3) is 0 Å². The first kappa shape index (κ1) is 13.9. The van der Waals surface area contributed by atoms with Crippen LogP contribution >= 0.6 is 11.6 Å². The zero-order valence-electron chi connectivity index (χ0n) is 11.3. The predicted octanol–water partition coefficient (Wildman–Crippen LogP) is 3.32. The number of nitrogens with zero attached hydrogens (tertiary/aromatic N) is 1. The van der Waals surface area contributed by atoms with Gasteiger partial charge in [0, 0.05) is 17.6 Å². The van der Waals surface area contributed by atoms with Crippen LogP contribution in [0, 0.1) is 11.8 Å². The second-order valence-corrected chi connectivity index (χ2v) is 6.12. The number of hydrogen-bond donors (Lipinski definition) is 1. The van der Waals surface area contributed by atoms with Gasteiger partial charge in [-0.05, 0) is 56.0 Å². The van der Waals surface area contributed by atoms with E-state index in [1.165, 1.54) is 13.0 Å². The molecule has 0 spiro atoms. The third-order valence-electron chi connectivity index (χ3n) is 3.92. The first-order chi connectivity index (χ1) is 8.56. The van der Waals surface area contributed by atoms with Crippen LogP contribution < -0.4 is 5.73 Å². The summed E-state index contributed by atoms with van der Waals surface area (Å²) in [7, 11) is 2.19. The van der Waals surface area contributed by atoms with Crippen molar-refractivity contribution in [2.24, 2.45) is 17.6 Å². The molecule has 2 rings (SSSR count). The van der Waals surface area contributed by atoms with Gasteiger partial charge in [-0.1, -0.05) is 30.7 Å². The highest BCUT2D eigenvalue weighted by Gasteiger charge is 2.32. The summed E-state index contributed by atoms with van der Waals surface area (Å²) in [6.45, 7) is 4.59. The first-order valence-electron chi connectivity index (χ1n) is 6.76. The highest BCUT2D eigenvalue weighted by atomic mass is 35.5. The Hall–Kier alpha value is -0.570. The fraction of sp³-hybridized carbons (Fsp3) is 0.600. The van der Waals surface area contributed by atoms with E-state index in [2.05, 4.69) is 24.9 Å². The molecule has 0 heterocycles. The lowest BCUT2D eigenvalue weighted by Crippen LogP contribution is -2.26. The molecule has 0 aromatic heterocycles. The molecule has 1 fully saturated rings. The molecule has 1 aliphatic rings. The van der Waals surface area contributed by atoms with Crippen LogP contribution in [0.5, 0.6) is 0 Å². The minimum atomic E-state index is 0.0859. The summed E-state index contributed by atoms with van der Waals surface area (Å²) >= 11 is 5.98. The molecule has 0 amide bonds. The fourth-order valence-electron chi connectivity index (χ4n) is 2.41. The molecule has 0 bridgehead atoms. The summed E-state index contributed by atoms with van der Waals surface area (Å²) in [5.74, 6) is 1.84. The maximum Gasteiger partial charge on any atom is 0.0409 e. The molecule has 3 unspecified atom stereocenters. The molecule has 1 aromatic rings. The van der Waals surface area contributed by atoms with Crippen molar-refractivity contribution in [2.45, 2.75) is 25.8 Å². The first-order valence-corrected chi connectivity index (χ1v) is 7.13. The lowest BCUT2D eigenvalue weighted by Gasteiger charge is -2.19. The standard InChI is InChI=1S/C15H23ClN2/c1-11-8-13(11)10-18(2)7-6-15(17)12-4-3-5-14(16)9-12/h3-5,9,11,13,15H,6-8,10,17H2,1-2H3. The minimum Gasteiger partial charge on any atom is -0.324 e. The Balaban J connectivity index is 1.75. The van der Waals surface area contributed by atoms with Crippen LogP contribution in [0.2, 0.25) is 5.02 Å². The Morgan fingerprint density at radius 2 is 2.22 bits per heavy atom. The van der Waals surface area contributed by atoms with Gasteiger partial charge in [-0.2, -0.15) is 0 Å². The maximum atomic E-state index is 6.20. The summed E-state index contributed by atoms with van der Waals surface area (Å²) in [4.78, 5) is 2.40. The molecule has 1 aliphatic carbocycles. The van der Waals surface area contributed by atoms with Crippen molar-refractivity contribution in [1.82, 2.24) is 4.90 Å². The molecule has 3 atom stereocenters. The zero-order valence-corrected chi connectivity index (χ0v) is 12.0. The third-order valence-corrected chi connectivity index (χ3v) is 4.16. The maximum absolute atomic E-state index is 6.20. The van der Waals surface area contributed by atoms with E-state index in [1.807, 2.05) is 18.2 Å². The van der Waals surface area contributed by atoms with E-state index in [-0.39, 0.29) is 6.04 Å². The van der Waals surface area contributed by atoms with Gasteiger partial charge < -0.3 is 10.6 Å². The van der Waals surface area contributed by atoms with E-state index >= 15 is 0 Å². The van der Waals surface area contributed by atoms with Crippen molar-refractivity contribution in [3.63, 3.8) is 0 Å². The molecular formula is C15H23ClN2. The number of halogens is 1. The third kappa shape index (κ3) is 3.98. The Morgan fingerprint density at radius 3 is 2.83 bits per heavy atom. The molecule has 0 saturated heterocycles. The molecule has 0 radical (unpaired) electrons. The summed E-state index contributed by atoms with van der Waals surface area (Å²) in [5.41, 5.74) is 7.34. The van der Waals surface area contributed by atoms with E-state index in [1.54, 1.807) is 0 Å². The van der Waals surface area contributed by atoms with E-state index in [9.17, 15) is 0 Å². The number of rotatable bonds is 6. The summed E-state index contributed by atoms with van der Waals surface area (Å²) < 4.78 is 0.